The number of ether oxygens (including phenoxy) is 2. The fraction of sp³-hybridized carbons (Fsp3) is 0.297. The molecule has 0 saturated carbocycles. The molecule has 1 N–H and O–H groups in total. The molecule has 1 unspecified atom stereocenters. The number of esters is 1. The quantitative estimate of drug-likeness (QED) is 0.155. The van der Waals surface area contributed by atoms with E-state index < -0.39 is 74.2 Å². The number of carbonyl (C=O) groups is 4. The third-order valence-electron chi connectivity index (χ3n) is 8.53. The summed E-state index contributed by atoms with van der Waals surface area (Å²) in [5.41, 5.74) is 1.35. The summed E-state index contributed by atoms with van der Waals surface area (Å²) in [5, 5.41) is 2.58. The predicted octanol–water partition coefficient (Wildman–Crippen LogP) is 4.25. The molecule has 0 aliphatic carbocycles. The number of fused-ring (bicyclic) bond motifs is 1. The lowest BCUT2D eigenvalue weighted by Crippen LogP contribution is -2.77. The highest BCUT2D eigenvalue weighted by atomic mass is 32.2. The minimum Gasteiger partial charge on any atom is -0.610 e. The molecule has 14 heteroatoms. The van der Waals surface area contributed by atoms with Crippen molar-refractivity contribution in [2.45, 2.75) is 68.2 Å². The highest BCUT2D eigenvalue weighted by Gasteiger charge is 2.63. The van der Waals surface area contributed by atoms with Crippen molar-refractivity contribution in [3.8, 4) is 0 Å². The Morgan fingerprint density at radius 2 is 1.55 bits per heavy atom. The molecular formula is C37H37N3O9S2. The van der Waals surface area contributed by atoms with E-state index in [1.807, 2.05) is 19.1 Å². The number of hydrogen-bond acceptors (Lipinski definition) is 9. The van der Waals surface area contributed by atoms with Crippen LogP contribution in [0.3, 0.4) is 0 Å². The number of nitrogens with zero attached hydrogens (tertiary/aromatic N) is 2. The minimum absolute atomic E-state index is 0.00647. The summed E-state index contributed by atoms with van der Waals surface area (Å²) >= 11 is -1.96. The Labute approximate surface area is 299 Å². The number of aryl methyl sites for hydroxylation is 1. The zero-order valence-electron chi connectivity index (χ0n) is 28.3. The SMILES string of the molecule is Cc1ccc(S(=O)(=O)N2CC/C(=C\C3=C[S+]([O-])[C@@H]4[C@H](NC(=O)OC(C)(C)C)C(=O)N4[C@H]3C(=O)OC(c3ccccc3)c3ccccc3)C2=O)cc1. The van der Waals surface area contributed by atoms with Gasteiger partial charge in [0.25, 0.3) is 21.8 Å². The Bertz CT molecular complexity index is 1970. The number of alkyl carbamates (subject to hydrolysis) is 1. The van der Waals surface area contributed by atoms with Gasteiger partial charge in [0.2, 0.25) is 5.37 Å². The molecule has 3 aromatic rings. The van der Waals surface area contributed by atoms with E-state index in [4.69, 9.17) is 9.47 Å². The van der Waals surface area contributed by atoms with Crippen molar-refractivity contribution in [3.63, 3.8) is 0 Å². The van der Waals surface area contributed by atoms with Gasteiger partial charge in [-0.1, -0.05) is 78.4 Å². The number of amides is 3. The molecule has 6 rings (SSSR count). The van der Waals surface area contributed by atoms with Crippen LogP contribution < -0.4 is 5.32 Å². The van der Waals surface area contributed by atoms with Crippen LogP contribution in [0.25, 0.3) is 0 Å². The molecule has 2 fully saturated rings. The van der Waals surface area contributed by atoms with Crippen molar-refractivity contribution in [2.75, 3.05) is 6.54 Å². The van der Waals surface area contributed by atoms with Crippen molar-refractivity contribution >= 4 is 45.1 Å². The van der Waals surface area contributed by atoms with Crippen molar-refractivity contribution < 1.29 is 41.6 Å². The fourth-order valence-electron chi connectivity index (χ4n) is 6.12. The summed E-state index contributed by atoms with van der Waals surface area (Å²) in [6.45, 7) is 6.63. The van der Waals surface area contributed by atoms with E-state index in [1.165, 1.54) is 23.6 Å². The maximum atomic E-state index is 14.3. The topological polar surface area (TPSA) is 162 Å². The first-order valence-corrected chi connectivity index (χ1v) is 18.9. The molecular weight excluding hydrogens is 695 g/mol. The van der Waals surface area contributed by atoms with Crippen LogP contribution in [0.1, 0.15) is 50.0 Å². The zero-order valence-corrected chi connectivity index (χ0v) is 30.0. The Kier molecular flexibility index (Phi) is 9.86. The lowest BCUT2D eigenvalue weighted by atomic mass is 9.95. The number of carbonyl (C=O) groups excluding carboxylic acids is 4. The average Bonchev–Trinajstić information content (AvgIpc) is 3.46. The number of nitrogens with one attached hydrogen (secondary N) is 1. The van der Waals surface area contributed by atoms with Gasteiger partial charge in [-0.05, 0) is 63.5 Å². The lowest BCUT2D eigenvalue weighted by Gasteiger charge is -2.50. The van der Waals surface area contributed by atoms with Gasteiger partial charge in [-0.15, -0.1) is 0 Å². The summed E-state index contributed by atoms with van der Waals surface area (Å²) in [6, 6.07) is 21.3. The third-order valence-corrected chi connectivity index (χ3v) is 11.8. The fourth-order valence-corrected chi connectivity index (χ4v) is 9.03. The van der Waals surface area contributed by atoms with Gasteiger partial charge in [-0.3, -0.25) is 14.5 Å². The van der Waals surface area contributed by atoms with Gasteiger partial charge in [-0.2, -0.15) is 0 Å². The number of benzene rings is 3. The first kappa shape index (κ1) is 35.9. The molecule has 3 heterocycles. The molecule has 3 aliphatic heterocycles. The summed E-state index contributed by atoms with van der Waals surface area (Å²) in [5.74, 6) is -2.39. The second-order valence-electron chi connectivity index (χ2n) is 13.4. The molecule has 3 aliphatic rings. The van der Waals surface area contributed by atoms with Gasteiger partial charge in [0.05, 0.1) is 4.90 Å². The molecule has 0 aromatic heterocycles. The maximum absolute atomic E-state index is 14.3. The number of β-lactam (4-membered cyclic amide) rings is 1. The molecule has 4 atom stereocenters. The first-order chi connectivity index (χ1) is 24.2. The molecule has 0 spiro atoms. The van der Waals surface area contributed by atoms with Crippen molar-refractivity contribution in [1.29, 1.82) is 0 Å². The normalized spacial score (nSPS) is 22.7. The van der Waals surface area contributed by atoms with E-state index in [0.717, 1.165) is 14.8 Å². The van der Waals surface area contributed by atoms with Crippen molar-refractivity contribution in [2.24, 2.45) is 0 Å². The Hall–Kier alpha value is -4.92. The van der Waals surface area contributed by atoms with Crippen molar-refractivity contribution in [1.82, 2.24) is 14.5 Å². The highest BCUT2D eigenvalue weighted by Crippen LogP contribution is 2.40. The van der Waals surface area contributed by atoms with Gasteiger partial charge in [0, 0.05) is 28.9 Å². The summed E-state index contributed by atoms with van der Waals surface area (Å²) in [6.07, 6.45) is -0.468. The van der Waals surface area contributed by atoms with E-state index in [2.05, 4.69) is 5.32 Å². The second kappa shape index (κ2) is 14.0. The van der Waals surface area contributed by atoms with E-state index in [0.29, 0.717) is 11.1 Å². The van der Waals surface area contributed by atoms with Crippen LogP contribution in [-0.4, -0.2) is 75.7 Å². The van der Waals surface area contributed by atoms with E-state index in [1.54, 1.807) is 81.4 Å². The van der Waals surface area contributed by atoms with Crippen LogP contribution in [0.2, 0.25) is 0 Å². The second-order valence-corrected chi connectivity index (χ2v) is 16.6. The monoisotopic (exact) mass is 731 g/mol. The Morgan fingerprint density at radius 1 is 0.961 bits per heavy atom. The van der Waals surface area contributed by atoms with Crippen LogP contribution in [0.15, 0.2) is 112 Å². The van der Waals surface area contributed by atoms with Crippen LogP contribution in [0.5, 0.6) is 0 Å². The van der Waals surface area contributed by atoms with Gasteiger partial charge in [-0.25, -0.2) is 22.3 Å². The van der Waals surface area contributed by atoms with Gasteiger partial charge in [0.1, 0.15) is 11.0 Å². The van der Waals surface area contributed by atoms with E-state index in [-0.39, 0.29) is 29.0 Å². The number of hydrogen-bond donors (Lipinski definition) is 1. The van der Waals surface area contributed by atoms with Crippen LogP contribution >= 0.6 is 0 Å². The molecule has 51 heavy (non-hydrogen) atoms. The zero-order chi connectivity index (χ0) is 36.7. The number of rotatable bonds is 8. The molecule has 2 saturated heterocycles. The van der Waals surface area contributed by atoms with E-state index >= 15 is 0 Å². The molecule has 266 valence electrons. The molecule has 0 bridgehead atoms. The molecule has 3 amide bonds. The Morgan fingerprint density at radius 3 is 2.12 bits per heavy atom. The predicted molar refractivity (Wildman–Crippen MR) is 187 cm³/mol. The lowest BCUT2D eigenvalue weighted by molar-refractivity contribution is -0.164. The van der Waals surface area contributed by atoms with Crippen LogP contribution in [0, 0.1) is 6.92 Å². The smallest absolute Gasteiger partial charge is 0.408 e. The van der Waals surface area contributed by atoms with Crippen molar-refractivity contribution in [3.05, 3.63) is 124 Å². The summed E-state index contributed by atoms with van der Waals surface area (Å²) in [7, 11) is -4.19. The van der Waals surface area contributed by atoms with Crippen LogP contribution in [-0.2, 0) is 45.1 Å². The van der Waals surface area contributed by atoms with Crippen LogP contribution in [0.4, 0.5) is 4.79 Å². The average molecular weight is 732 g/mol. The van der Waals surface area contributed by atoms with Gasteiger partial charge < -0.3 is 19.3 Å². The molecule has 3 aromatic carbocycles. The Balaban J connectivity index is 1.35. The first-order valence-electron chi connectivity index (χ1n) is 16.2. The molecule has 12 nitrogen and oxygen atoms in total. The van der Waals surface area contributed by atoms with E-state index in [9.17, 15) is 32.1 Å². The third kappa shape index (κ3) is 7.30. The van der Waals surface area contributed by atoms with Gasteiger partial charge >= 0.3 is 12.1 Å². The minimum atomic E-state index is -4.19. The maximum Gasteiger partial charge on any atom is 0.408 e. The molecule has 0 radical (unpaired) electrons. The standard InChI is InChI=1S/C37H37N3O9S2/c1-23-15-17-28(18-16-23)51(46,47)39-20-19-26(32(39)41)21-27-22-50(45)34-29(38-36(44)49-37(2,3)4)33(42)40(34)30(27)35(43)48-31(24-11-7-5-8-12-24)25-13-9-6-10-14-25/h5-18,21-22,29-31,34H,19-20H2,1-4H3,(H,38,44)/b26-21+/t29-,30-,34-,50?/m1/s1. The summed E-state index contributed by atoms with van der Waals surface area (Å²) < 4.78 is 52.7. The highest BCUT2D eigenvalue weighted by molar-refractivity contribution is 7.95. The van der Waals surface area contributed by atoms with Gasteiger partial charge in [0.15, 0.2) is 18.2 Å². The summed E-state index contributed by atoms with van der Waals surface area (Å²) in [4.78, 5) is 55.3. The largest absolute Gasteiger partial charge is 0.610 e. The number of sulfonamides is 1.